The molecule has 5 nitrogen and oxygen atoms in total. The number of methoxy groups -OCH3 is 1. The SMILES string of the molecule is COc1ccc(CNc2cc(C(O)CNC(C)(C)C)ccc2O)cc1.Cl. The Kier molecular flexibility index (Phi) is 8.21. The van der Waals surface area contributed by atoms with Crippen LogP contribution in [-0.4, -0.2) is 29.4 Å². The molecule has 2 aromatic rings. The summed E-state index contributed by atoms with van der Waals surface area (Å²) in [7, 11) is 1.64. The van der Waals surface area contributed by atoms with E-state index in [1.807, 2.05) is 24.3 Å². The maximum atomic E-state index is 10.4. The highest BCUT2D eigenvalue weighted by Gasteiger charge is 2.15. The number of benzene rings is 2. The summed E-state index contributed by atoms with van der Waals surface area (Å²) in [6.45, 7) is 7.18. The van der Waals surface area contributed by atoms with Gasteiger partial charge in [0.15, 0.2) is 0 Å². The Hall–Kier alpha value is -1.95. The number of β-amino-alcohol motifs (C(OH)–C–C–N with tert-alkyl or cyclic N) is 1. The third-order valence-electron chi connectivity index (χ3n) is 3.87. The second-order valence-electron chi connectivity index (χ2n) is 7.12. The Morgan fingerprint density at radius 1 is 1.08 bits per heavy atom. The fraction of sp³-hybridized carbons (Fsp3) is 0.400. The number of phenolic OH excluding ortho intramolecular Hbond substituents is 1. The summed E-state index contributed by atoms with van der Waals surface area (Å²) in [6, 6.07) is 12.9. The second kappa shape index (κ2) is 9.67. The van der Waals surface area contributed by atoms with Gasteiger partial charge in [-0.05, 0) is 56.2 Å². The quantitative estimate of drug-likeness (QED) is 0.549. The number of nitrogens with one attached hydrogen (secondary N) is 2. The summed E-state index contributed by atoms with van der Waals surface area (Å²) in [5.74, 6) is 0.969. The van der Waals surface area contributed by atoms with Gasteiger partial charge in [-0.1, -0.05) is 18.2 Å². The van der Waals surface area contributed by atoms with E-state index in [1.54, 1.807) is 25.3 Å². The summed E-state index contributed by atoms with van der Waals surface area (Å²) >= 11 is 0. The summed E-state index contributed by atoms with van der Waals surface area (Å²) in [4.78, 5) is 0. The molecule has 26 heavy (non-hydrogen) atoms. The molecule has 0 aliphatic carbocycles. The zero-order valence-corrected chi connectivity index (χ0v) is 16.6. The van der Waals surface area contributed by atoms with Gasteiger partial charge >= 0.3 is 0 Å². The number of rotatable bonds is 7. The number of halogens is 1. The Morgan fingerprint density at radius 3 is 2.31 bits per heavy atom. The maximum absolute atomic E-state index is 10.4. The van der Waals surface area contributed by atoms with Crippen LogP contribution in [0, 0.1) is 0 Å². The molecule has 6 heteroatoms. The van der Waals surface area contributed by atoms with Gasteiger partial charge in [0, 0.05) is 18.6 Å². The van der Waals surface area contributed by atoms with Crippen molar-refractivity contribution in [1.82, 2.24) is 5.32 Å². The van der Waals surface area contributed by atoms with Gasteiger partial charge in [0.2, 0.25) is 0 Å². The van der Waals surface area contributed by atoms with E-state index >= 15 is 0 Å². The molecule has 2 rings (SSSR count). The van der Waals surface area contributed by atoms with Crippen LogP contribution in [0.4, 0.5) is 5.69 Å². The average molecular weight is 381 g/mol. The van der Waals surface area contributed by atoms with Crippen LogP contribution in [0.25, 0.3) is 0 Å². The molecule has 0 bridgehead atoms. The molecular weight excluding hydrogens is 352 g/mol. The second-order valence-corrected chi connectivity index (χ2v) is 7.12. The molecule has 1 unspecified atom stereocenters. The first kappa shape index (κ1) is 22.1. The lowest BCUT2D eigenvalue weighted by molar-refractivity contribution is 0.163. The van der Waals surface area contributed by atoms with Gasteiger partial charge in [0.05, 0.1) is 18.9 Å². The Bertz CT molecular complexity index is 684. The van der Waals surface area contributed by atoms with Crippen molar-refractivity contribution in [3.05, 3.63) is 53.6 Å². The highest BCUT2D eigenvalue weighted by Crippen LogP contribution is 2.28. The number of ether oxygens (including phenoxy) is 1. The van der Waals surface area contributed by atoms with Crippen LogP contribution in [0.2, 0.25) is 0 Å². The number of anilines is 1. The maximum Gasteiger partial charge on any atom is 0.138 e. The van der Waals surface area contributed by atoms with Crippen LogP contribution >= 0.6 is 12.4 Å². The lowest BCUT2D eigenvalue weighted by Gasteiger charge is -2.23. The van der Waals surface area contributed by atoms with Crippen LogP contribution in [-0.2, 0) is 6.54 Å². The first-order valence-electron chi connectivity index (χ1n) is 8.41. The summed E-state index contributed by atoms with van der Waals surface area (Å²) in [6.07, 6.45) is -0.638. The van der Waals surface area contributed by atoms with Crippen molar-refractivity contribution in [3.63, 3.8) is 0 Å². The predicted molar refractivity (Wildman–Crippen MR) is 108 cm³/mol. The molecule has 0 aliphatic rings. The van der Waals surface area contributed by atoms with E-state index in [1.165, 1.54) is 0 Å². The van der Waals surface area contributed by atoms with Gasteiger partial charge in [-0.3, -0.25) is 0 Å². The summed E-state index contributed by atoms with van der Waals surface area (Å²) in [5.41, 5.74) is 2.36. The first-order chi connectivity index (χ1) is 11.8. The van der Waals surface area contributed by atoms with Crippen molar-refractivity contribution in [3.8, 4) is 11.5 Å². The van der Waals surface area contributed by atoms with Crippen LogP contribution in [0.3, 0.4) is 0 Å². The Morgan fingerprint density at radius 2 is 1.73 bits per heavy atom. The molecule has 0 saturated heterocycles. The number of phenols is 1. The molecule has 0 amide bonds. The van der Waals surface area contributed by atoms with E-state index < -0.39 is 6.10 Å². The van der Waals surface area contributed by atoms with E-state index in [0.29, 0.717) is 18.8 Å². The minimum atomic E-state index is -0.638. The van der Waals surface area contributed by atoms with Crippen molar-refractivity contribution in [2.75, 3.05) is 19.0 Å². The highest BCUT2D eigenvalue weighted by molar-refractivity contribution is 5.85. The third kappa shape index (κ3) is 6.75. The van der Waals surface area contributed by atoms with Gasteiger partial charge in [-0.25, -0.2) is 0 Å². The van der Waals surface area contributed by atoms with Crippen molar-refractivity contribution in [2.24, 2.45) is 0 Å². The number of hydrogen-bond acceptors (Lipinski definition) is 5. The van der Waals surface area contributed by atoms with Gasteiger partial charge in [0.1, 0.15) is 11.5 Å². The predicted octanol–water partition coefficient (Wildman–Crippen LogP) is 3.86. The zero-order valence-electron chi connectivity index (χ0n) is 15.7. The number of aliphatic hydroxyl groups is 1. The van der Waals surface area contributed by atoms with E-state index in [0.717, 1.165) is 16.9 Å². The fourth-order valence-corrected chi connectivity index (χ4v) is 2.36. The van der Waals surface area contributed by atoms with Crippen LogP contribution in [0.15, 0.2) is 42.5 Å². The monoisotopic (exact) mass is 380 g/mol. The topological polar surface area (TPSA) is 73.8 Å². The molecule has 1 atom stereocenters. The van der Waals surface area contributed by atoms with Crippen molar-refractivity contribution in [2.45, 2.75) is 39.0 Å². The Balaban J connectivity index is 0.00000338. The lowest BCUT2D eigenvalue weighted by Crippen LogP contribution is -2.38. The molecule has 0 radical (unpaired) electrons. The van der Waals surface area contributed by atoms with Gasteiger partial charge in [-0.15, -0.1) is 12.4 Å². The van der Waals surface area contributed by atoms with Gasteiger partial charge in [0.25, 0.3) is 0 Å². The zero-order chi connectivity index (χ0) is 18.4. The number of aromatic hydroxyl groups is 1. The molecular formula is C20H29ClN2O3. The van der Waals surface area contributed by atoms with E-state index in [4.69, 9.17) is 4.74 Å². The summed E-state index contributed by atoms with van der Waals surface area (Å²) < 4.78 is 5.15. The van der Waals surface area contributed by atoms with Crippen molar-refractivity contribution in [1.29, 1.82) is 0 Å². The average Bonchev–Trinajstić information content (AvgIpc) is 2.58. The van der Waals surface area contributed by atoms with E-state index in [2.05, 4.69) is 31.4 Å². The standard InChI is InChI=1S/C20H28N2O3.ClH/c1-20(2,3)22-13-19(24)15-7-10-18(23)17(11-15)21-12-14-5-8-16(25-4)9-6-14;/h5-11,19,21-24H,12-13H2,1-4H3;1H. The third-order valence-corrected chi connectivity index (χ3v) is 3.87. The van der Waals surface area contributed by atoms with Gasteiger partial charge in [-0.2, -0.15) is 0 Å². The number of aliphatic hydroxyl groups excluding tert-OH is 1. The molecule has 0 aliphatic heterocycles. The molecule has 0 heterocycles. The van der Waals surface area contributed by atoms with E-state index in [-0.39, 0.29) is 23.7 Å². The van der Waals surface area contributed by atoms with Crippen LogP contribution < -0.4 is 15.4 Å². The minimum Gasteiger partial charge on any atom is -0.506 e. The lowest BCUT2D eigenvalue weighted by atomic mass is 10.1. The Labute approximate surface area is 161 Å². The van der Waals surface area contributed by atoms with Crippen molar-refractivity contribution < 1.29 is 14.9 Å². The smallest absolute Gasteiger partial charge is 0.138 e. The van der Waals surface area contributed by atoms with Crippen LogP contribution in [0.1, 0.15) is 38.0 Å². The largest absolute Gasteiger partial charge is 0.506 e. The van der Waals surface area contributed by atoms with Gasteiger partial charge < -0.3 is 25.6 Å². The molecule has 0 spiro atoms. The molecule has 0 saturated carbocycles. The normalized spacial score (nSPS) is 12.2. The summed E-state index contributed by atoms with van der Waals surface area (Å²) in [5, 5.41) is 26.9. The molecule has 0 fully saturated rings. The van der Waals surface area contributed by atoms with Crippen LogP contribution in [0.5, 0.6) is 11.5 Å². The highest BCUT2D eigenvalue weighted by atomic mass is 35.5. The molecule has 2 aromatic carbocycles. The first-order valence-corrected chi connectivity index (χ1v) is 8.41. The van der Waals surface area contributed by atoms with Crippen molar-refractivity contribution >= 4 is 18.1 Å². The minimum absolute atomic E-state index is 0. The molecule has 0 aromatic heterocycles. The van der Waals surface area contributed by atoms with E-state index in [9.17, 15) is 10.2 Å². The fourth-order valence-electron chi connectivity index (χ4n) is 2.36. The molecule has 4 N–H and O–H groups in total. The molecule has 144 valence electrons. The number of hydrogen-bond donors (Lipinski definition) is 4.